The summed E-state index contributed by atoms with van der Waals surface area (Å²) in [4.78, 5) is 28.5. The third kappa shape index (κ3) is 8.38. The van der Waals surface area contributed by atoms with Crippen LogP contribution in [-0.4, -0.2) is 34.6 Å². The highest BCUT2D eigenvalue weighted by molar-refractivity contribution is 7.99. The summed E-state index contributed by atoms with van der Waals surface area (Å²) >= 11 is 7.43. The molecule has 0 aliphatic carbocycles. The van der Waals surface area contributed by atoms with E-state index < -0.39 is 11.9 Å². The molecule has 3 aromatic rings. The monoisotopic (exact) mass is 526 g/mol. The van der Waals surface area contributed by atoms with Crippen LogP contribution in [-0.2, 0) is 28.3 Å². The highest BCUT2D eigenvalue weighted by atomic mass is 35.5. The number of nitrogens with one attached hydrogen (secondary N) is 1. The Morgan fingerprint density at radius 2 is 1.64 bits per heavy atom. The van der Waals surface area contributed by atoms with E-state index in [-0.39, 0.29) is 30.2 Å². The number of carbonyl (C=O) groups excluding carboxylic acids is 2. The van der Waals surface area contributed by atoms with Crippen LogP contribution in [0.4, 0.5) is 4.39 Å². The maximum Gasteiger partial charge on any atom is 0.243 e. The van der Waals surface area contributed by atoms with E-state index in [0.717, 1.165) is 17.5 Å². The Morgan fingerprint density at radius 1 is 0.972 bits per heavy atom. The van der Waals surface area contributed by atoms with Crippen LogP contribution >= 0.6 is 23.4 Å². The minimum Gasteiger partial charge on any atom is -0.352 e. The summed E-state index contributed by atoms with van der Waals surface area (Å²) in [7, 11) is 0. The van der Waals surface area contributed by atoms with E-state index in [1.54, 1.807) is 18.2 Å². The quantitative estimate of drug-likeness (QED) is 0.303. The Hall–Kier alpha value is -2.83. The first-order valence-corrected chi connectivity index (χ1v) is 13.6. The molecule has 3 rings (SSSR count). The largest absolute Gasteiger partial charge is 0.352 e. The number of amides is 2. The average Bonchev–Trinajstić information content (AvgIpc) is 2.88. The van der Waals surface area contributed by atoms with Crippen LogP contribution < -0.4 is 5.32 Å². The van der Waals surface area contributed by atoms with Crippen molar-refractivity contribution >= 4 is 35.2 Å². The van der Waals surface area contributed by atoms with Gasteiger partial charge in [0.25, 0.3) is 0 Å². The molecule has 36 heavy (non-hydrogen) atoms. The molecular formula is C29H32ClFN2O2S. The minimum absolute atomic E-state index is 0.0123. The molecule has 0 saturated carbocycles. The van der Waals surface area contributed by atoms with Gasteiger partial charge in [0, 0.05) is 35.3 Å². The maximum absolute atomic E-state index is 14.6. The number of hydrogen-bond acceptors (Lipinski definition) is 3. The van der Waals surface area contributed by atoms with Gasteiger partial charge in [0.05, 0.1) is 5.75 Å². The van der Waals surface area contributed by atoms with Crippen molar-refractivity contribution in [1.82, 2.24) is 10.2 Å². The van der Waals surface area contributed by atoms with Gasteiger partial charge in [-0.05, 0) is 42.7 Å². The predicted molar refractivity (Wildman–Crippen MR) is 146 cm³/mol. The van der Waals surface area contributed by atoms with Crippen molar-refractivity contribution < 1.29 is 14.0 Å². The van der Waals surface area contributed by atoms with Gasteiger partial charge in [-0.1, -0.05) is 79.2 Å². The first kappa shape index (κ1) is 27.8. The summed E-state index contributed by atoms with van der Waals surface area (Å²) in [6.07, 6.45) is 1.10. The molecule has 190 valence electrons. The summed E-state index contributed by atoms with van der Waals surface area (Å²) in [6, 6.07) is 22.6. The summed E-state index contributed by atoms with van der Waals surface area (Å²) in [5.74, 6) is -0.0550. The molecule has 0 aliphatic rings. The Morgan fingerprint density at radius 3 is 2.31 bits per heavy atom. The van der Waals surface area contributed by atoms with Crippen molar-refractivity contribution in [2.45, 2.75) is 51.1 Å². The van der Waals surface area contributed by atoms with Crippen LogP contribution in [0.5, 0.6) is 0 Å². The lowest BCUT2D eigenvalue weighted by Gasteiger charge is -2.32. The first-order chi connectivity index (χ1) is 17.4. The second kappa shape index (κ2) is 14.0. The molecule has 0 radical (unpaired) electrons. The van der Waals surface area contributed by atoms with E-state index in [1.165, 1.54) is 22.7 Å². The Bertz CT molecular complexity index is 1130. The lowest BCUT2D eigenvalue weighted by atomic mass is 10.0. The highest BCUT2D eigenvalue weighted by Crippen LogP contribution is 2.20. The second-order valence-corrected chi connectivity index (χ2v) is 10.2. The Labute approximate surface area is 222 Å². The number of nitrogens with zero attached hydrogens (tertiary/aromatic N) is 1. The fourth-order valence-corrected chi connectivity index (χ4v) is 4.72. The van der Waals surface area contributed by atoms with Gasteiger partial charge < -0.3 is 10.2 Å². The molecular weight excluding hydrogens is 495 g/mol. The molecule has 7 heteroatoms. The molecule has 0 unspecified atom stereocenters. The molecule has 0 spiro atoms. The zero-order valence-electron chi connectivity index (χ0n) is 20.6. The fraction of sp³-hybridized carbons (Fsp3) is 0.310. The average molecular weight is 527 g/mol. The standard InChI is InChI=1S/C29H32ClFN2O2S/c1-3-21(2)32-29(35)27(17-22-9-5-4-6-10-22)33(18-24-11-7-8-12-26(24)31)28(34)20-36-19-23-13-15-25(30)16-14-23/h4-16,21,27H,3,17-20H2,1-2H3,(H,32,35)/t21-,27+/m1/s1. The Balaban J connectivity index is 1.86. The van der Waals surface area contributed by atoms with Crippen LogP contribution in [0.25, 0.3) is 0 Å². The van der Waals surface area contributed by atoms with Crippen LogP contribution in [0, 0.1) is 5.82 Å². The van der Waals surface area contributed by atoms with Crippen LogP contribution in [0.1, 0.15) is 37.0 Å². The van der Waals surface area contributed by atoms with Gasteiger partial charge in [0.2, 0.25) is 11.8 Å². The molecule has 4 nitrogen and oxygen atoms in total. The van der Waals surface area contributed by atoms with E-state index in [0.29, 0.717) is 22.8 Å². The third-order valence-corrected chi connectivity index (χ3v) is 7.22. The van der Waals surface area contributed by atoms with E-state index in [4.69, 9.17) is 11.6 Å². The van der Waals surface area contributed by atoms with Crippen molar-refractivity contribution in [3.05, 3.63) is 106 Å². The van der Waals surface area contributed by atoms with Gasteiger partial charge in [-0.3, -0.25) is 9.59 Å². The summed E-state index contributed by atoms with van der Waals surface area (Å²) < 4.78 is 14.6. The number of thioether (sulfide) groups is 1. The molecule has 3 aromatic carbocycles. The smallest absolute Gasteiger partial charge is 0.243 e. The van der Waals surface area contributed by atoms with Crippen molar-refractivity contribution in [3.63, 3.8) is 0 Å². The van der Waals surface area contributed by atoms with Crippen LogP contribution in [0.2, 0.25) is 5.02 Å². The van der Waals surface area contributed by atoms with Crippen LogP contribution in [0.3, 0.4) is 0 Å². The zero-order chi connectivity index (χ0) is 25.9. The molecule has 2 amide bonds. The first-order valence-electron chi connectivity index (χ1n) is 12.1. The minimum atomic E-state index is -0.773. The van der Waals surface area contributed by atoms with E-state index in [9.17, 15) is 14.0 Å². The molecule has 2 atom stereocenters. The number of carbonyl (C=O) groups is 2. The lowest BCUT2D eigenvalue weighted by molar-refractivity contribution is -0.139. The molecule has 0 aliphatic heterocycles. The highest BCUT2D eigenvalue weighted by Gasteiger charge is 2.31. The Kier molecular flexibility index (Phi) is 10.8. The number of rotatable bonds is 12. The fourth-order valence-electron chi connectivity index (χ4n) is 3.72. The van der Waals surface area contributed by atoms with Gasteiger partial charge in [-0.25, -0.2) is 4.39 Å². The van der Waals surface area contributed by atoms with Gasteiger partial charge in [0.1, 0.15) is 11.9 Å². The van der Waals surface area contributed by atoms with E-state index in [1.807, 2.05) is 68.4 Å². The topological polar surface area (TPSA) is 49.4 Å². The van der Waals surface area contributed by atoms with E-state index in [2.05, 4.69) is 5.32 Å². The molecule has 0 saturated heterocycles. The summed E-state index contributed by atoms with van der Waals surface area (Å²) in [5.41, 5.74) is 2.36. The van der Waals surface area contributed by atoms with Gasteiger partial charge >= 0.3 is 0 Å². The molecule has 0 fully saturated rings. The number of hydrogen-bond donors (Lipinski definition) is 1. The lowest BCUT2D eigenvalue weighted by Crippen LogP contribution is -2.52. The normalized spacial score (nSPS) is 12.6. The molecule has 0 heterocycles. The van der Waals surface area contributed by atoms with Crippen molar-refractivity contribution in [2.75, 3.05) is 5.75 Å². The van der Waals surface area contributed by atoms with Crippen molar-refractivity contribution in [1.29, 1.82) is 0 Å². The second-order valence-electron chi connectivity index (χ2n) is 8.76. The van der Waals surface area contributed by atoms with Gasteiger partial charge in [-0.15, -0.1) is 11.8 Å². The third-order valence-electron chi connectivity index (χ3n) is 5.98. The molecule has 0 bridgehead atoms. The summed E-state index contributed by atoms with van der Waals surface area (Å²) in [6.45, 7) is 3.94. The van der Waals surface area contributed by atoms with Crippen molar-refractivity contribution in [3.8, 4) is 0 Å². The maximum atomic E-state index is 14.6. The SMILES string of the molecule is CC[C@@H](C)NC(=O)[C@H](Cc1ccccc1)N(Cc1ccccc1F)C(=O)CSCc1ccc(Cl)cc1. The van der Waals surface area contributed by atoms with Crippen molar-refractivity contribution in [2.24, 2.45) is 0 Å². The van der Waals surface area contributed by atoms with Gasteiger partial charge in [0.15, 0.2) is 0 Å². The predicted octanol–water partition coefficient (Wildman–Crippen LogP) is 6.27. The zero-order valence-corrected chi connectivity index (χ0v) is 22.2. The molecule has 0 aromatic heterocycles. The number of benzene rings is 3. The molecule has 1 N–H and O–H groups in total. The summed E-state index contributed by atoms with van der Waals surface area (Å²) in [5, 5.41) is 3.69. The number of halogens is 2. The van der Waals surface area contributed by atoms with Crippen LogP contribution in [0.15, 0.2) is 78.9 Å². The van der Waals surface area contributed by atoms with E-state index >= 15 is 0 Å². The van der Waals surface area contributed by atoms with Gasteiger partial charge in [-0.2, -0.15) is 0 Å².